The van der Waals surface area contributed by atoms with Gasteiger partial charge < -0.3 is 5.32 Å². The summed E-state index contributed by atoms with van der Waals surface area (Å²) in [7, 11) is 0. The zero-order valence-corrected chi connectivity index (χ0v) is 10.7. The lowest BCUT2D eigenvalue weighted by Crippen LogP contribution is -2.16. The molecule has 1 aliphatic carbocycles. The van der Waals surface area contributed by atoms with Crippen LogP contribution in [0, 0.1) is 6.92 Å². The van der Waals surface area contributed by atoms with Gasteiger partial charge in [0.15, 0.2) is 0 Å². The molecule has 16 heavy (non-hydrogen) atoms. The highest BCUT2D eigenvalue weighted by Crippen LogP contribution is 2.22. The molecular formula is C13H23N3. The summed E-state index contributed by atoms with van der Waals surface area (Å²) in [6, 6.07) is 1.34. The quantitative estimate of drug-likeness (QED) is 0.800. The van der Waals surface area contributed by atoms with Crippen molar-refractivity contribution in [3.8, 4) is 0 Å². The first-order valence-corrected chi connectivity index (χ1v) is 6.52. The molecule has 0 aliphatic heterocycles. The highest BCUT2D eigenvalue weighted by Gasteiger charge is 2.21. The van der Waals surface area contributed by atoms with E-state index in [1.165, 1.54) is 24.1 Å². The predicted molar refractivity (Wildman–Crippen MR) is 66.4 cm³/mol. The van der Waals surface area contributed by atoms with E-state index in [1.54, 1.807) is 0 Å². The fourth-order valence-corrected chi connectivity index (χ4v) is 2.18. The van der Waals surface area contributed by atoms with Crippen LogP contribution >= 0.6 is 0 Å². The Balaban J connectivity index is 2.02. The molecule has 0 bridgehead atoms. The van der Waals surface area contributed by atoms with E-state index >= 15 is 0 Å². The van der Waals surface area contributed by atoms with Gasteiger partial charge >= 0.3 is 0 Å². The molecule has 0 radical (unpaired) electrons. The van der Waals surface area contributed by atoms with E-state index in [4.69, 9.17) is 0 Å². The van der Waals surface area contributed by atoms with E-state index in [0.717, 1.165) is 25.4 Å². The van der Waals surface area contributed by atoms with Crippen molar-refractivity contribution in [3.63, 3.8) is 0 Å². The van der Waals surface area contributed by atoms with E-state index in [2.05, 4.69) is 35.9 Å². The minimum atomic E-state index is 0.565. The Morgan fingerprint density at radius 2 is 2.12 bits per heavy atom. The maximum Gasteiger partial charge on any atom is 0.0537 e. The van der Waals surface area contributed by atoms with Crippen LogP contribution in [-0.4, -0.2) is 15.8 Å². The van der Waals surface area contributed by atoms with Gasteiger partial charge in [-0.2, -0.15) is 5.10 Å². The molecule has 3 heteroatoms. The van der Waals surface area contributed by atoms with Crippen molar-refractivity contribution >= 4 is 0 Å². The van der Waals surface area contributed by atoms with Crippen molar-refractivity contribution in [1.82, 2.24) is 15.1 Å². The highest BCUT2D eigenvalue weighted by molar-refractivity contribution is 5.16. The molecule has 1 fully saturated rings. The van der Waals surface area contributed by atoms with Gasteiger partial charge in [-0.05, 0) is 32.6 Å². The van der Waals surface area contributed by atoms with Gasteiger partial charge in [0.2, 0.25) is 0 Å². The van der Waals surface area contributed by atoms with Gasteiger partial charge in [-0.15, -0.1) is 0 Å². The third kappa shape index (κ3) is 2.46. The molecule has 0 atom stereocenters. The number of aromatic nitrogens is 2. The first-order valence-electron chi connectivity index (χ1n) is 6.52. The standard InChI is InChI=1S/C13H23N3/c1-4-13(5-2)16-10(3)11(9-15-16)8-14-12-6-7-12/h9,12-14H,4-8H2,1-3H3. The Morgan fingerprint density at radius 3 is 2.69 bits per heavy atom. The summed E-state index contributed by atoms with van der Waals surface area (Å²) in [6.45, 7) is 7.64. The van der Waals surface area contributed by atoms with Gasteiger partial charge in [0.1, 0.15) is 0 Å². The summed E-state index contributed by atoms with van der Waals surface area (Å²) in [6.07, 6.45) is 7.05. The van der Waals surface area contributed by atoms with Crippen molar-refractivity contribution in [3.05, 3.63) is 17.5 Å². The van der Waals surface area contributed by atoms with Gasteiger partial charge in [0, 0.05) is 23.8 Å². The van der Waals surface area contributed by atoms with Crippen LogP contribution < -0.4 is 5.32 Å². The number of nitrogens with zero attached hydrogens (tertiary/aromatic N) is 2. The summed E-state index contributed by atoms with van der Waals surface area (Å²) in [4.78, 5) is 0. The van der Waals surface area contributed by atoms with Crippen LogP contribution in [0.4, 0.5) is 0 Å². The van der Waals surface area contributed by atoms with Crippen LogP contribution in [0.25, 0.3) is 0 Å². The summed E-state index contributed by atoms with van der Waals surface area (Å²) < 4.78 is 2.20. The van der Waals surface area contributed by atoms with E-state index in [1.807, 2.05) is 6.20 Å². The van der Waals surface area contributed by atoms with Crippen LogP contribution in [0.15, 0.2) is 6.20 Å². The Morgan fingerprint density at radius 1 is 1.44 bits per heavy atom. The zero-order valence-electron chi connectivity index (χ0n) is 10.7. The van der Waals surface area contributed by atoms with Crippen molar-refractivity contribution in [2.75, 3.05) is 0 Å². The molecule has 1 saturated carbocycles. The van der Waals surface area contributed by atoms with Gasteiger partial charge in [-0.3, -0.25) is 4.68 Å². The molecule has 1 aliphatic rings. The second-order valence-corrected chi connectivity index (χ2v) is 4.83. The Kier molecular flexibility index (Phi) is 3.64. The Labute approximate surface area is 98.2 Å². The lowest BCUT2D eigenvalue weighted by atomic mass is 10.1. The Bertz CT molecular complexity index is 335. The molecule has 0 amide bonds. The molecule has 1 heterocycles. The molecule has 0 saturated heterocycles. The average molecular weight is 221 g/mol. The lowest BCUT2D eigenvalue weighted by Gasteiger charge is -2.15. The van der Waals surface area contributed by atoms with Crippen molar-refractivity contribution < 1.29 is 0 Å². The molecular weight excluding hydrogens is 198 g/mol. The molecule has 1 aromatic heterocycles. The number of nitrogens with one attached hydrogen (secondary N) is 1. The normalized spacial score (nSPS) is 16.0. The van der Waals surface area contributed by atoms with E-state index in [-0.39, 0.29) is 0 Å². The first-order chi connectivity index (χ1) is 7.76. The number of hydrogen-bond donors (Lipinski definition) is 1. The molecule has 2 rings (SSSR count). The Hall–Kier alpha value is -0.830. The van der Waals surface area contributed by atoms with Crippen LogP contribution in [0.5, 0.6) is 0 Å². The molecule has 0 aromatic carbocycles. The van der Waals surface area contributed by atoms with E-state index in [9.17, 15) is 0 Å². The fourth-order valence-electron chi connectivity index (χ4n) is 2.18. The third-order valence-corrected chi connectivity index (χ3v) is 3.59. The molecule has 1 aromatic rings. The monoisotopic (exact) mass is 221 g/mol. The zero-order chi connectivity index (χ0) is 11.5. The fraction of sp³-hybridized carbons (Fsp3) is 0.769. The maximum absolute atomic E-state index is 4.53. The largest absolute Gasteiger partial charge is 0.310 e. The minimum absolute atomic E-state index is 0.565. The van der Waals surface area contributed by atoms with Crippen LogP contribution in [0.3, 0.4) is 0 Å². The first kappa shape index (κ1) is 11.6. The van der Waals surface area contributed by atoms with Gasteiger partial charge in [0.05, 0.1) is 12.2 Å². The minimum Gasteiger partial charge on any atom is -0.310 e. The summed E-state index contributed by atoms with van der Waals surface area (Å²) >= 11 is 0. The van der Waals surface area contributed by atoms with E-state index < -0.39 is 0 Å². The summed E-state index contributed by atoms with van der Waals surface area (Å²) in [5, 5.41) is 8.08. The van der Waals surface area contributed by atoms with E-state index in [0.29, 0.717) is 6.04 Å². The molecule has 90 valence electrons. The van der Waals surface area contributed by atoms with Crippen molar-refractivity contribution in [1.29, 1.82) is 0 Å². The molecule has 3 nitrogen and oxygen atoms in total. The van der Waals surface area contributed by atoms with Crippen LogP contribution in [-0.2, 0) is 6.54 Å². The highest BCUT2D eigenvalue weighted by atomic mass is 15.3. The summed E-state index contributed by atoms with van der Waals surface area (Å²) in [5.74, 6) is 0. The number of hydrogen-bond acceptors (Lipinski definition) is 2. The van der Waals surface area contributed by atoms with Crippen LogP contribution in [0.2, 0.25) is 0 Å². The number of rotatable bonds is 6. The molecule has 0 unspecified atom stereocenters. The van der Waals surface area contributed by atoms with Gasteiger partial charge in [0.25, 0.3) is 0 Å². The van der Waals surface area contributed by atoms with Gasteiger partial charge in [-0.25, -0.2) is 0 Å². The predicted octanol–water partition coefficient (Wildman–Crippen LogP) is 2.80. The third-order valence-electron chi connectivity index (χ3n) is 3.59. The van der Waals surface area contributed by atoms with Crippen LogP contribution in [0.1, 0.15) is 56.8 Å². The van der Waals surface area contributed by atoms with Gasteiger partial charge in [-0.1, -0.05) is 13.8 Å². The smallest absolute Gasteiger partial charge is 0.0537 e. The SMILES string of the molecule is CCC(CC)n1ncc(CNC2CC2)c1C. The van der Waals surface area contributed by atoms with Crippen molar-refractivity contribution in [2.24, 2.45) is 0 Å². The molecule has 0 spiro atoms. The average Bonchev–Trinajstić information content (AvgIpc) is 3.05. The maximum atomic E-state index is 4.53. The summed E-state index contributed by atoms with van der Waals surface area (Å²) in [5.41, 5.74) is 2.70. The topological polar surface area (TPSA) is 29.9 Å². The lowest BCUT2D eigenvalue weighted by molar-refractivity contribution is 0.419. The van der Waals surface area contributed by atoms with Crippen molar-refractivity contribution in [2.45, 2.75) is 65.1 Å². The second kappa shape index (κ2) is 5.00. The second-order valence-electron chi connectivity index (χ2n) is 4.83. The molecule has 1 N–H and O–H groups in total.